The van der Waals surface area contributed by atoms with Gasteiger partial charge in [0.25, 0.3) is 0 Å². The van der Waals surface area contributed by atoms with Crippen LogP contribution in [-0.2, 0) is 7.05 Å². The van der Waals surface area contributed by atoms with Crippen molar-refractivity contribution in [1.82, 2.24) is 9.78 Å². The summed E-state index contributed by atoms with van der Waals surface area (Å²) in [6.45, 7) is 4.07. The molecule has 2 rings (SSSR count). The molecule has 108 valence electrons. The number of hydrogen-bond acceptors (Lipinski definition) is 3. The van der Waals surface area contributed by atoms with Gasteiger partial charge in [-0.25, -0.2) is 0 Å². The average Bonchev–Trinajstić information content (AvgIpc) is 2.63. The third-order valence-electron chi connectivity index (χ3n) is 2.92. The minimum absolute atomic E-state index is 0.237. The van der Waals surface area contributed by atoms with Crippen LogP contribution in [0.3, 0.4) is 0 Å². The number of nitrogen functional groups attached to an aromatic ring is 1. The molecule has 0 saturated heterocycles. The summed E-state index contributed by atoms with van der Waals surface area (Å²) < 4.78 is 1.68. The summed E-state index contributed by atoms with van der Waals surface area (Å²) in [4.78, 5) is 0. The molecule has 0 aliphatic heterocycles. The molecule has 0 aliphatic rings. The van der Waals surface area contributed by atoms with E-state index < -0.39 is 0 Å². The highest BCUT2D eigenvalue weighted by Crippen LogP contribution is 2.36. The van der Waals surface area contributed by atoms with Crippen molar-refractivity contribution in [3.8, 4) is 0 Å². The Hall–Kier alpha value is -1.10. The minimum atomic E-state index is 0.237. The topological polar surface area (TPSA) is 55.9 Å². The number of nitrogens with one attached hydrogen (secondary N) is 1. The fraction of sp³-hybridized carbons (Fsp3) is 0.308. The van der Waals surface area contributed by atoms with E-state index in [0.29, 0.717) is 32.3 Å². The molecule has 0 aliphatic carbocycles. The lowest BCUT2D eigenvalue weighted by Gasteiger charge is -2.11. The first-order valence-corrected chi connectivity index (χ1v) is 7.18. The van der Waals surface area contributed by atoms with E-state index in [-0.39, 0.29) is 5.92 Å². The second kappa shape index (κ2) is 5.72. The lowest BCUT2D eigenvalue weighted by atomic mass is 10.1. The number of nitrogens with two attached hydrogens (primary N) is 1. The molecular weight excluding hydrogens is 319 g/mol. The molecule has 0 bridgehead atoms. The van der Waals surface area contributed by atoms with Crippen LogP contribution in [0.5, 0.6) is 0 Å². The molecule has 0 atom stereocenters. The van der Waals surface area contributed by atoms with Crippen molar-refractivity contribution in [3.63, 3.8) is 0 Å². The van der Waals surface area contributed by atoms with Gasteiger partial charge in [-0.15, -0.1) is 0 Å². The maximum absolute atomic E-state index is 6.15. The van der Waals surface area contributed by atoms with E-state index in [1.54, 1.807) is 16.8 Å². The van der Waals surface area contributed by atoms with Gasteiger partial charge in [0.15, 0.2) is 5.82 Å². The lowest BCUT2D eigenvalue weighted by molar-refractivity contribution is 0.718. The summed E-state index contributed by atoms with van der Waals surface area (Å²) in [6, 6.07) is 3.25. The molecular formula is C13H15Cl3N4. The molecule has 1 aromatic heterocycles. The first-order chi connectivity index (χ1) is 9.31. The van der Waals surface area contributed by atoms with Crippen molar-refractivity contribution in [1.29, 1.82) is 0 Å². The summed E-state index contributed by atoms with van der Waals surface area (Å²) >= 11 is 18.1. The molecule has 0 unspecified atom stereocenters. The normalized spacial score (nSPS) is 11.2. The summed E-state index contributed by atoms with van der Waals surface area (Å²) in [5.74, 6) is 0.912. The maximum atomic E-state index is 6.15. The molecule has 0 spiro atoms. The minimum Gasteiger partial charge on any atom is -0.394 e. The van der Waals surface area contributed by atoms with Crippen molar-refractivity contribution < 1.29 is 0 Å². The first-order valence-electron chi connectivity index (χ1n) is 6.05. The van der Waals surface area contributed by atoms with Crippen LogP contribution in [0.2, 0.25) is 15.1 Å². The predicted octanol–water partition coefficient (Wildman–Crippen LogP) is 4.83. The molecule has 0 fully saturated rings. The average molecular weight is 334 g/mol. The fourth-order valence-corrected chi connectivity index (χ4v) is 2.48. The van der Waals surface area contributed by atoms with Crippen molar-refractivity contribution in [2.45, 2.75) is 19.8 Å². The highest BCUT2D eigenvalue weighted by Gasteiger charge is 2.17. The second-order valence-corrected chi connectivity index (χ2v) is 6.02. The number of nitrogens with zero attached hydrogens (tertiary/aromatic N) is 2. The van der Waals surface area contributed by atoms with Crippen molar-refractivity contribution >= 4 is 52.0 Å². The summed E-state index contributed by atoms with van der Waals surface area (Å²) in [6.07, 6.45) is 0. The molecule has 7 heteroatoms. The molecule has 0 radical (unpaired) electrons. The number of rotatable bonds is 3. The molecule has 0 amide bonds. The van der Waals surface area contributed by atoms with Gasteiger partial charge in [0.2, 0.25) is 0 Å². The molecule has 0 saturated carbocycles. The van der Waals surface area contributed by atoms with Crippen LogP contribution in [0, 0.1) is 0 Å². The highest BCUT2D eigenvalue weighted by molar-refractivity contribution is 6.44. The van der Waals surface area contributed by atoms with E-state index >= 15 is 0 Å². The fourth-order valence-electron chi connectivity index (χ4n) is 1.88. The summed E-state index contributed by atoms with van der Waals surface area (Å²) in [5.41, 5.74) is 8.19. The third kappa shape index (κ3) is 2.82. The number of halogens is 3. The van der Waals surface area contributed by atoms with Crippen molar-refractivity contribution in [2.24, 2.45) is 7.05 Å². The van der Waals surface area contributed by atoms with E-state index in [1.165, 1.54) is 0 Å². The summed E-state index contributed by atoms with van der Waals surface area (Å²) in [5, 5.41) is 8.84. The smallest absolute Gasteiger partial charge is 0.152 e. The van der Waals surface area contributed by atoms with E-state index in [1.807, 2.05) is 20.9 Å². The standard InChI is InChI=1S/C13H15Cl3N4/c1-6(2)12-11(17)13(20(3)19-12)18-10-5-8(15)7(14)4-9(10)16/h4-6,18H,17H2,1-3H3. The number of anilines is 3. The quantitative estimate of drug-likeness (QED) is 0.791. The Balaban J connectivity index is 2.43. The predicted molar refractivity (Wildman–Crippen MR) is 86.5 cm³/mol. The van der Waals surface area contributed by atoms with Gasteiger partial charge in [-0.05, 0) is 18.1 Å². The lowest BCUT2D eigenvalue weighted by Crippen LogP contribution is -2.01. The SMILES string of the molecule is CC(C)c1nn(C)c(Nc2cc(Cl)c(Cl)cc2Cl)c1N. The Morgan fingerprint density at radius 1 is 1.15 bits per heavy atom. The zero-order chi connectivity index (χ0) is 15.0. The largest absolute Gasteiger partial charge is 0.394 e. The Morgan fingerprint density at radius 2 is 1.75 bits per heavy atom. The van der Waals surface area contributed by atoms with Gasteiger partial charge in [0, 0.05) is 7.05 Å². The maximum Gasteiger partial charge on any atom is 0.152 e. The molecule has 4 nitrogen and oxygen atoms in total. The summed E-state index contributed by atoms with van der Waals surface area (Å²) in [7, 11) is 1.82. The number of benzene rings is 1. The molecule has 20 heavy (non-hydrogen) atoms. The van der Waals surface area contributed by atoms with Gasteiger partial charge in [0.05, 0.1) is 32.1 Å². The van der Waals surface area contributed by atoms with Crippen LogP contribution in [0.1, 0.15) is 25.5 Å². The van der Waals surface area contributed by atoms with E-state index in [9.17, 15) is 0 Å². The Labute approximate surface area is 132 Å². The van der Waals surface area contributed by atoms with Gasteiger partial charge in [-0.3, -0.25) is 4.68 Å². The van der Waals surface area contributed by atoms with Crippen LogP contribution in [-0.4, -0.2) is 9.78 Å². The third-order valence-corrected chi connectivity index (χ3v) is 3.96. The Kier molecular flexibility index (Phi) is 4.37. The van der Waals surface area contributed by atoms with Gasteiger partial charge in [0.1, 0.15) is 0 Å². The Bertz CT molecular complexity index is 650. The van der Waals surface area contributed by atoms with Crippen LogP contribution in [0.15, 0.2) is 12.1 Å². The number of aryl methyl sites for hydroxylation is 1. The Morgan fingerprint density at radius 3 is 2.30 bits per heavy atom. The molecule has 1 heterocycles. The zero-order valence-electron chi connectivity index (χ0n) is 11.3. The number of aromatic nitrogens is 2. The number of hydrogen-bond donors (Lipinski definition) is 2. The van der Waals surface area contributed by atoms with E-state index in [2.05, 4.69) is 10.4 Å². The van der Waals surface area contributed by atoms with Crippen molar-refractivity contribution in [3.05, 3.63) is 32.9 Å². The molecule has 2 aromatic rings. The van der Waals surface area contributed by atoms with Gasteiger partial charge in [-0.1, -0.05) is 48.7 Å². The van der Waals surface area contributed by atoms with E-state index in [4.69, 9.17) is 40.5 Å². The van der Waals surface area contributed by atoms with Crippen LogP contribution in [0.25, 0.3) is 0 Å². The monoisotopic (exact) mass is 332 g/mol. The first kappa shape index (κ1) is 15.3. The van der Waals surface area contributed by atoms with Crippen molar-refractivity contribution in [2.75, 3.05) is 11.1 Å². The van der Waals surface area contributed by atoms with Crippen LogP contribution in [0.4, 0.5) is 17.2 Å². The van der Waals surface area contributed by atoms with Gasteiger partial charge < -0.3 is 11.1 Å². The van der Waals surface area contributed by atoms with E-state index in [0.717, 1.165) is 5.69 Å². The molecule has 3 N–H and O–H groups in total. The zero-order valence-corrected chi connectivity index (χ0v) is 13.6. The van der Waals surface area contributed by atoms with Crippen LogP contribution >= 0.6 is 34.8 Å². The molecule has 1 aromatic carbocycles. The van der Waals surface area contributed by atoms with Gasteiger partial charge >= 0.3 is 0 Å². The van der Waals surface area contributed by atoms with Crippen LogP contribution < -0.4 is 11.1 Å². The second-order valence-electron chi connectivity index (χ2n) is 4.80. The highest BCUT2D eigenvalue weighted by atomic mass is 35.5. The van der Waals surface area contributed by atoms with Gasteiger partial charge in [-0.2, -0.15) is 5.10 Å².